The summed E-state index contributed by atoms with van der Waals surface area (Å²) in [4.78, 5) is 4.19. The second kappa shape index (κ2) is 5.55. The third-order valence-electron chi connectivity index (χ3n) is 2.99. The zero-order valence-corrected chi connectivity index (χ0v) is 11.5. The van der Waals surface area contributed by atoms with Gasteiger partial charge >= 0.3 is 0 Å². The smallest absolute Gasteiger partial charge is 0.247 e. The molecule has 0 bridgehead atoms. The van der Waals surface area contributed by atoms with Gasteiger partial charge in [0.25, 0.3) is 0 Å². The zero-order valence-electron chi connectivity index (χ0n) is 10.7. The summed E-state index contributed by atoms with van der Waals surface area (Å²) in [5.41, 5.74) is 0. The molecule has 0 aliphatic heterocycles. The molecule has 1 fully saturated rings. The van der Waals surface area contributed by atoms with Gasteiger partial charge < -0.3 is 5.32 Å². The van der Waals surface area contributed by atoms with Crippen LogP contribution >= 0.6 is 0 Å². The van der Waals surface area contributed by atoms with Crippen LogP contribution in [-0.4, -0.2) is 37.3 Å². The fraction of sp³-hybridized carbons (Fsp3) is 0.500. The van der Waals surface area contributed by atoms with E-state index in [4.69, 9.17) is 5.26 Å². The molecule has 0 unspecified atom stereocenters. The number of aromatic nitrogens is 1. The normalized spacial score (nSPS) is 15.2. The molecule has 1 aliphatic rings. The number of hydrogen-bond donors (Lipinski definition) is 1. The molecule has 19 heavy (non-hydrogen) atoms. The Morgan fingerprint density at radius 3 is 2.89 bits per heavy atom. The van der Waals surface area contributed by atoms with Gasteiger partial charge in [0, 0.05) is 32.3 Å². The minimum atomic E-state index is -3.60. The molecule has 7 heteroatoms. The van der Waals surface area contributed by atoms with Crippen LogP contribution in [0.4, 0.5) is 5.82 Å². The Hall–Kier alpha value is -1.65. The highest BCUT2D eigenvalue weighted by Gasteiger charge is 2.38. The van der Waals surface area contributed by atoms with Crippen LogP contribution in [0.15, 0.2) is 23.2 Å². The highest BCUT2D eigenvalue weighted by molar-refractivity contribution is 7.89. The Morgan fingerprint density at radius 2 is 2.32 bits per heavy atom. The number of nitriles is 1. The average Bonchev–Trinajstić information content (AvgIpc) is 3.23. The summed E-state index contributed by atoms with van der Waals surface area (Å²) >= 11 is 0. The molecule has 0 aromatic carbocycles. The van der Waals surface area contributed by atoms with Crippen molar-refractivity contribution in [1.82, 2.24) is 9.29 Å². The molecule has 0 radical (unpaired) electrons. The number of pyridine rings is 1. The van der Waals surface area contributed by atoms with Gasteiger partial charge in [0.1, 0.15) is 10.7 Å². The quantitative estimate of drug-likeness (QED) is 0.846. The van der Waals surface area contributed by atoms with Gasteiger partial charge in [0.15, 0.2) is 0 Å². The van der Waals surface area contributed by atoms with E-state index in [0.29, 0.717) is 5.82 Å². The SMILES string of the molecule is CNc1ncccc1S(=O)(=O)N(CCC#N)C1CC1. The van der Waals surface area contributed by atoms with Crippen molar-refractivity contribution in [3.63, 3.8) is 0 Å². The molecule has 1 saturated carbocycles. The minimum Gasteiger partial charge on any atom is -0.372 e. The Labute approximate surface area is 113 Å². The van der Waals surface area contributed by atoms with Gasteiger partial charge in [-0.05, 0) is 25.0 Å². The molecule has 1 aromatic heterocycles. The maximum atomic E-state index is 12.6. The minimum absolute atomic E-state index is 0.0308. The Balaban J connectivity index is 2.36. The monoisotopic (exact) mass is 280 g/mol. The lowest BCUT2D eigenvalue weighted by atomic mass is 10.4. The summed E-state index contributed by atoms with van der Waals surface area (Å²) in [6.45, 7) is 0.238. The highest BCUT2D eigenvalue weighted by Crippen LogP contribution is 2.33. The Bertz CT molecular complexity index is 590. The van der Waals surface area contributed by atoms with Gasteiger partial charge in [-0.25, -0.2) is 13.4 Å². The standard InChI is InChI=1S/C12H16N4O2S/c1-14-12-11(4-2-8-15-12)19(17,18)16(9-3-7-13)10-5-6-10/h2,4,8,10H,3,5-6,9H2,1H3,(H,14,15). The summed E-state index contributed by atoms with van der Waals surface area (Å²) in [5.74, 6) is 0.338. The van der Waals surface area contributed by atoms with E-state index in [0.717, 1.165) is 12.8 Å². The molecular weight excluding hydrogens is 264 g/mol. The van der Waals surface area contributed by atoms with E-state index in [2.05, 4.69) is 10.3 Å². The molecule has 0 atom stereocenters. The van der Waals surface area contributed by atoms with Crippen LogP contribution in [0.1, 0.15) is 19.3 Å². The van der Waals surface area contributed by atoms with Crippen LogP contribution in [0.3, 0.4) is 0 Å². The summed E-state index contributed by atoms with van der Waals surface area (Å²) in [6.07, 6.45) is 3.46. The van der Waals surface area contributed by atoms with Gasteiger partial charge in [-0.3, -0.25) is 0 Å². The van der Waals surface area contributed by atoms with Crippen LogP contribution in [0, 0.1) is 11.3 Å². The number of nitrogens with one attached hydrogen (secondary N) is 1. The van der Waals surface area contributed by atoms with E-state index in [-0.39, 0.29) is 23.9 Å². The number of hydrogen-bond acceptors (Lipinski definition) is 5. The van der Waals surface area contributed by atoms with Crippen molar-refractivity contribution in [2.45, 2.75) is 30.2 Å². The Kier molecular flexibility index (Phi) is 4.02. The first-order chi connectivity index (χ1) is 9.11. The fourth-order valence-electron chi connectivity index (χ4n) is 1.93. The summed E-state index contributed by atoms with van der Waals surface area (Å²) in [7, 11) is -1.96. The van der Waals surface area contributed by atoms with Crippen molar-refractivity contribution in [3.8, 4) is 6.07 Å². The van der Waals surface area contributed by atoms with Crippen molar-refractivity contribution >= 4 is 15.8 Å². The third-order valence-corrected chi connectivity index (χ3v) is 4.98. The van der Waals surface area contributed by atoms with Crippen molar-refractivity contribution in [1.29, 1.82) is 5.26 Å². The number of sulfonamides is 1. The molecule has 1 aliphatic carbocycles. The summed E-state index contributed by atoms with van der Waals surface area (Å²) < 4.78 is 26.7. The fourth-order valence-corrected chi connectivity index (χ4v) is 3.77. The van der Waals surface area contributed by atoms with E-state index in [1.54, 1.807) is 19.3 Å². The topological polar surface area (TPSA) is 86.1 Å². The molecule has 1 N–H and O–H groups in total. The van der Waals surface area contributed by atoms with Crippen molar-refractivity contribution in [2.75, 3.05) is 18.9 Å². The zero-order chi connectivity index (χ0) is 13.9. The lowest BCUT2D eigenvalue weighted by Crippen LogP contribution is -2.34. The van der Waals surface area contributed by atoms with Crippen LogP contribution in [0.2, 0.25) is 0 Å². The third kappa shape index (κ3) is 2.85. The van der Waals surface area contributed by atoms with E-state index < -0.39 is 10.0 Å². The molecular formula is C12H16N4O2S. The molecule has 102 valence electrons. The predicted octanol–water partition coefficient (Wildman–Crippen LogP) is 1.19. The van der Waals surface area contributed by atoms with Crippen LogP contribution in [0.25, 0.3) is 0 Å². The molecule has 1 aromatic rings. The first-order valence-corrected chi connectivity index (χ1v) is 7.57. The van der Waals surface area contributed by atoms with E-state index in [1.165, 1.54) is 10.4 Å². The largest absolute Gasteiger partial charge is 0.372 e. The maximum absolute atomic E-state index is 12.6. The highest BCUT2D eigenvalue weighted by atomic mass is 32.2. The van der Waals surface area contributed by atoms with Crippen molar-refractivity contribution < 1.29 is 8.42 Å². The number of nitrogens with zero attached hydrogens (tertiary/aromatic N) is 3. The second-order valence-electron chi connectivity index (χ2n) is 4.36. The molecule has 6 nitrogen and oxygen atoms in total. The average molecular weight is 280 g/mol. The van der Waals surface area contributed by atoms with Gasteiger partial charge in [-0.1, -0.05) is 0 Å². The van der Waals surface area contributed by atoms with Crippen LogP contribution < -0.4 is 5.32 Å². The van der Waals surface area contributed by atoms with Gasteiger partial charge in [-0.15, -0.1) is 0 Å². The molecule has 0 amide bonds. The molecule has 0 saturated heterocycles. The molecule has 0 spiro atoms. The number of anilines is 1. The van der Waals surface area contributed by atoms with Crippen LogP contribution in [0.5, 0.6) is 0 Å². The van der Waals surface area contributed by atoms with Gasteiger partial charge in [-0.2, -0.15) is 9.57 Å². The lowest BCUT2D eigenvalue weighted by molar-refractivity contribution is 0.411. The lowest BCUT2D eigenvalue weighted by Gasteiger charge is -2.21. The van der Waals surface area contributed by atoms with Crippen LogP contribution in [-0.2, 0) is 10.0 Å². The molecule has 1 heterocycles. The molecule has 2 rings (SSSR count). The van der Waals surface area contributed by atoms with Gasteiger partial charge in [0.05, 0.1) is 6.07 Å². The Morgan fingerprint density at radius 1 is 1.58 bits per heavy atom. The first-order valence-electron chi connectivity index (χ1n) is 6.13. The van der Waals surface area contributed by atoms with Gasteiger partial charge in [0.2, 0.25) is 10.0 Å². The summed E-state index contributed by atoms with van der Waals surface area (Å²) in [6, 6.07) is 5.16. The summed E-state index contributed by atoms with van der Waals surface area (Å²) in [5, 5.41) is 11.4. The maximum Gasteiger partial charge on any atom is 0.247 e. The van der Waals surface area contributed by atoms with E-state index in [1.807, 2.05) is 6.07 Å². The van der Waals surface area contributed by atoms with E-state index in [9.17, 15) is 8.42 Å². The number of rotatable bonds is 6. The predicted molar refractivity (Wildman–Crippen MR) is 70.9 cm³/mol. The van der Waals surface area contributed by atoms with Crippen molar-refractivity contribution in [3.05, 3.63) is 18.3 Å². The first kappa shape index (κ1) is 13.8. The second-order valence-corrected chi connectivity index (χ2v) is 6.21. The van der Waals surface area contributed by atoms with E-state index >= 15 is 0 Å². The van der Waals surface area contributed by atoms with Crippen molar-refractivity contribution in [2.24, 2.45) is 0 Å².